The van der Waals surface area contributed by atoms with Gasteiger partial charge in [-0.15, -0.1) is 0 Å². The fraction of sp³-hybridized carbons (Fsp3) is 0.222. The highest BCUT2D eigenvalue weighted by Gasteiger charge is 2.08. The number of hydrogen-bond acceptors (Lipinski definition) is 3. The summed E-state index contributed by atoms with van der Waals surface area (Å²) in [6, 6.07) is 12.4. The maximum Gasteiger partial charge on any atom is 0.228 e. The van der Waals surface area contributed by atoms with Crippen LogP contribution in [0, 0.1) is 0 Å². The summed E-state index contributed by atoms with van der Waals surface area (Å²) in [6.45, 7) is 0. The molecule has 0 bridgehead atoms. The molecule has 0 atom stereocenters. The molecule has 0 aromatic heterocycles. The van der Waals surface area contributed by atoms with E-state index in [-0.39, 0.29) is 12.3 Å². The highest BCUT2D eigenvalue weighted by atomic mass is 35.5. The van der Waals surface area contributed by atoms with Gasteiger partial charge in [0.25, 0.3) is 0 Å². The monoisotopic (exact) mass is 382 g/mol. The lowest BCUT2D eigenvalue weighted by atomic mass is 10.1. The number of anilines is 1. The molecule has 2 rings (SSSR count). The molecule has 0 aliphatic carbocycles. The number of benzene rings is 2. The van der Waals surface area contributed by atoms with Gasteiger partial charge in [-0.1, -0.05) is 41.4 Å². The van der Waals surface area contributed by atoms with Crippen molar-refractivity contribution in [2.45, 2.75) is 6.42 Å². The number of halogens is 2. The molecule has 0 radical (unpaired) electrons. The van der Waals surface area contributed by atoms with E-state index in [9.17, 15) is 9.59 Å². The summed E-state index contributed by atoms with van der Waals surface area (Å²) in [5, 5.41) is 3.72. The van der Waals surface area contributed by atoms with Crippen LogP contribution in [0.2, 0.25) is 10.0 Å². The molecule has 2 aromatic rings. The summed E-state index contributed by atoms with van der Waals surface area (Å²) >= 11 is 11.8. The first-order valence-electron chi connectivity index (χ1n) is 7.36. The number of nitrogens with one attached hydrogen (secondary N) is 1. The van der Waals surface area contributed by atoms with Gasteiger partial charge in [0.2, 0.25) is 12.3 Å². The van der Waals surface area contributed by atoms with Crippen molar-refractivity contribution >= 4 is 41.2 Å². The number of hydrogen-bond donors (Lipinski definition) is 1. The van der Waals surface area contributed by atoms with Gasteiger partial charge in [0.1, 0.15) is 5.75 Å². The van der Waals surface area contributed by atoms with E-state index in [0.717, 1.165) is 12.0 Å². The van der Waals surface area contributed by atoms with Crippen molar-refractivity contribution in [1.29, 1.82) is 0 Å². The van der Waals surface area contributed by atoms with Gasteiger partial charge in [-0.2, -0.15) is 0 Å². The number of para-hydroxylation sites is 2. The lowest BCUT2D eigenvalue weighted by Gasteiger charge is -2.10. The largest absolute Gasteiger partial charge is 0.495 e. The number of methoxy groups -OCH3 is 1. The molecule has 0 aliphatic heterocycles. The van der Waals surface area contributed by atoms with Gasteiger partial charge in [0.15, 0.2) is 0 Å². The second-order valence-corrected chi connectivity index (χ2v) is 6.06. The van der Waals surface area contributed by atoms with Crippen molar-refractivity contribution in [3.05, 3.63) is 58.1 Å². The number of nitrogens with zero attached hydrogens (tertiary/aromatic N) is 1. The van der Waals surface area contributed by atoms with Crippen LogP contribution >= 0.6 is 23.2 Å². The summed E-state index contributed by atoms with van der Waals surface area (Å²) < 4.78 is 5.18. The Hall–Kier alpha value is -2.24. The second kappa shape index (κ2) is 10.6. The van der Waals surface area contributed by atoms with Crippen molar-refractivity contribution in [3.63, 3.8) is 0 Å². The summed E-state index contributed by atoms with van der Waals surface area (Å²) in [6.07, 6.45) is 0.967. The van der Waals surface area contributed by atoms with Crippen LogP contribution < -0.4 is 10.1 Å². The molecule has 0 saturated heterocycles. The number of ether oxygens (including phenoxy) is 1. The summed E-state index contributed by atoms with van der Waals surface area (Å²) in [7, 11) is 4.93. The molecule has 2 aromatic carbocycles. The molecule has 0 spiro atoms. The Labute approximate surface area is 157 Å². The van der Waals surface area contributed by atoms with E-state index in [2.05, 4.69) is 5.32 Å². The summed E-state index contributed by atoms with van der Waals surface area (Å²) in [5.74, 6) is 0.475. The Balaban J connectivity index is 0.000000550. The molecule has 0 fully saturated rings. The fourth-order valence-electron chi connectivity index (χ4n) is 1.78. The average Bonchev–Trinajstić information content (AvgIpc) is 2.59. The Bertz CT molecular complexity index is 721. The van der Waals surface area contributed by atoms with Gasteiger partial charge in [-0.3, -0.25) is 9.59 Å². The molecule has 134 valence electrons. The van der Waals surface area contributed by atoms with Crippen molar-refractivity contribution in [3.8, 4) is 5.75 Å². The van der Waals surface area contributed by atoms with E-state index in [1.807, 2.05) is 12.1 Å². The van der Waals surface area contributed by atoms with Crippen LogP contribution in [0.1, 0.15) is 5.56 Å². The zero-order chi connectivity index (χ0) is 18.8. The minimum absolute atomic E-state index is 0.145. The average molecular weight is 383 g/mol. The Morgan fingerprint density at radius 1 is 1.16 bits per heavy atom. The van der Waals surface area contributed by atoms with Gasteiger partial charge >= 0.3 is 0 Å². The van der Waals surface area contributed by atoms with Gasteiger partial charge < -0.3 is 15.0 Å². The minimum Gasteiger partial charge on any atom is -0.495 e. The number of rotatable bonds is 5. The van der Waals surface area contributed by atoms with Gasteiger partial charge in [0.05, 0.1) is 29.3 Å². The molecule has 25 heavy (non-hydrogen) atoms. The zero-order valence-electron chi connectivity index (χ0n) is 14.3. The lowest BCUT2D eigenvalue weighted by molar-refractivity contribution is -0.116. The molecule has 2 amide bonds. The van der Waals surface area contributed by atoms with Crippen LogP contribution in [-0.4, -0.2) is 38.4 Å². The van der Waals surface area contributed by atoms with Crippen molar-refractivity contribution in [2.24, 2.45) is 0 Å². The number of carbonyl (C=O) groups excluding carboxylic acids is 2. The molecule has 0 saturated carbocycles. The third-order valence-electron chi connectivity index (χ3n) is 2.94. The van der Waals surface area contributed by atoms with Crippen LogP contribution in [0.15, 0.2) is 42.5 Å². The number of amides is 2. The maximum absolute atomic E-state index is 12.0. The molecule has 0 aliphatic rings. The normalized spacial score (nSPS) is 9.48. The molecule has 5 nitrogen and oxygen atoms in total. The lowest BCUT2D eigenvalue weighted by Crippen LogP contribution is -2.14. The highest BCUT2D eigenvalue weighted by molar-refractivity contribution is 6.42. The first-order valence-corrected chi connectivity index (χ1v) is 8.11. The standard InChI is InChI=1S/C15H13Cl2NO2.C3H7NO/c1-20-14-5-3-2-4-13(14)18-15(19)9-10-6-7-11(16)12(17)8-10;1-4(2)3-5/h2-8H,9H2,1H3,(H,18,19);3H,1-2H3. The van der Waals surface area contributed by atoms with E-state index in [1.54, 1.807) is 51.5 Å². The molecule has 0 unspecified atom stereocenters. The predicted octanol–water partition coefficient (Wildman–Crippen LogP) is 3.89. The van der Waals surface area contributed by atoms with E-state index >= 15 is 0 Å². The van der Waals surface area contributed by atoms with E-state index in [4.69, 9.17) is 27.9 Å². The van der Waals surface area contributed by atoms with Crippen LogP contribution in [0.25, 0.3) is 0 Å². The third-order valence-corrected chi connectivity index (χ3v) is 3.68. The summed E-state index contributed by atoms with van der Waals surface area (Å²) in [5.41, 5.74) is 1.44. The second-order valence-electron chi connectivity index (χ2n) is 5.24. The first kappa shape index (κ1) is 20.8. The maximum atomic E-state index is 12.0. The molecule has 0 heterocycles. The minimum atomic E-state index is -0.145. The van der Waals surface area contributed by atoms with Crippen molar-refractivity contribution < 1.29 is 14.3 Å². The Kier molecular flexibility index (Phi) is 8.81. The smallest absolute Gasteiger partial charge is 0.228 e. The van der Waals surface area contributed by atoms with Crippen LogP contribution in [0.3, 0.4) is 0 Å². The number of carbonyl (C=O) groups is 2. The first-order chi connectivity index (χ1) is 11.9. The van der Waals surface area contributed by atoms with Crippen molar-refractivity contribution in [1.82, 2.24) is 4.90 Å². The summed E-state index contributed by atoms with van der Waals surface area (Å²) in [4.78, 5) is 22.9. The highest BCUT2D eigenvalue weighted by Crippen LogP contribution is 2.25. The van der Waals surface area contributed by atoms with E-state index in [1.165, 1.54) is 4.90 Å². The van der Waals surface area contributed by atoms with Crippen LogP contribution in [0.5, 0.6) is 5.75 Å². The van der Waals surface area contributed by atoms with Crippen molar-refractivity contribution in [2.75, 3.05) is 26.5 Å². The van der Waals surface area contributed by atoms with Gasteiger partial charge in [-0.25, -0.2) is 0 Å². The predicted molar refractivity (Wildman–Crippen MR) is 102 cm³/mol. The molecular weight excluding hydrogens is 363 g/mol. The molecular formula is C18H20Cl2N2O3. The quantitative estimate of drug-likeness (QED) is 0.797. The SMILES string of the molecule is CN(C)C=O.COc1ccccc1NC(=O)Cc1ccc(Cl)c(Cl)c1. The Morgan fingerprint density at radius 3 is 2.36 bits per heavy atom. The third kappa shape index (κ3) is 7.45. The molecule has 1 N–H and O–H groups in total. The van der Waals surface area contributed by atoms with Gasteiger partial charge in [-0.05, 0) is 29.8 Å². The zero-order valence-corrected chi connectivity index (χ0v) is 15.8. The van der Waals surface area contributed by atoms with Gasteiger partial charge in [0, 0.05) is 14.1 Å². The van der Waals surface area contributed by atoms with Crippen LogP contribution in [-0.2, 0) is 16.0 Å². The van der Waals surface area contributed by atoms with E-state index < -0.39 is 0 Å². The van der Waals surface area contributed by atoms with Crippen LogP contribution in [0.4, 0.5) is 5.69 Å². The molecule has 7 heteroatoms. The topological polar surface area (TPSA) is 58.6 Å². The Morgan fingerprint density at radius 2 is 1.80 bits per heavy atom. The fourth-order valence-corrected chi connectivity index (χ4v) is 2.10. The van der Waals surface area contributed by atoms with E-state index in [0.29, 0.717) is 21.5 Å².